The first-order chi connectivity index (χ1) is 19.1. The van der Waals surface area contributed by atoms with Crippen LogP contribution in [0.3, 0.4) is 0 Å². The van der Waals surface area contributed by atoms with Gasteiger partial charge in [0.1, 0.15) is 12.1 Å². The average Bonchev–Trinajstić information content (AvgIpc) is 3.43. The highest BCUT2D eigenvalue weighted by atomic mass is 33.1. The van der Waals surface area contributed by atoms with Gasteiger partial charge in [0.05, 0.1) is 6.54 Å². The van der Waals surface area contributed by atoms with Crippen molar-refractivity contribution in [2.45, 2.75) is 90.0 Å². The summed E-state index contributed by atoms with van der Waals surface area (Å²) in [4.78, 5) is 63.4. The van der Waals surface area contributed by atoms with Gasteiger partial charge in [0.2, 0.25) is 23.5 Å². The molecule has 11 heteroatoms. The lowest BCUT2D eigenvalue weighted by Crippen LogP contribution is -2.55. The van der Waals surface area contributed by atoms with Crippen molar-refractivity contribution in [3.05, 3.63) is 35.4 Å². The maximum Gasteiger partial charge on any atom is 0.289 e. The summed E-state index contributed by atoms with van der Waals surface area (Å²) in [5.74, 6) is -1.49. The third-order valence-electron chi connectivity index (χ3n) is 6.47. The number of hydrogen-bond donors (Lipinski definition) is 4. The van der Waals surface area contributed by atoms with Gasteiger partial charge in [-0.05, 0) is 51.0 Å². The fourth-order valence-electron chi connectivity index (χ4n) is 4.28. The van der Waals surface area contributed by atoms with Gasteiger partial charge in [0.25, 0.3) is 5.91 Å². The molecule has 0 bridgehead atoms. The summed E-state index contributed by atoms with van der Waals surface area (Å²) in [6.07, 6.45) is 4.90. The zero-order valence-corrected chi connectivity index (χ0v) is 25.7. The number of rotatable bonds is 17. The van der Waals surface area contributed by atoms with E-state index in [0.29, 0.717) is 18.1 Å². The first kappa shape index (κ1) is 33.7. The predicted octanol–water partition coefficient (Wildman–Crippen LogP) is 3.09. The quantitative estimate of drug-likeness (QED) is 0.124. The minimum absolute atomic E-state index is 0.0664. The number of carbonyl (C=O) groups excluding carboxylic acids is 5. The molecule has 40 heavy (non-hydrogen) atoms. The molecular formula is C29H44N4O5S2. The van der Waals surface area contributed by atoms with E-state index in [4.69, 9.17) is 0 Å². The van der Waals surface area contributed by atoms with Crippen molar-refractivity contribution in [3.63, 3.8) is 0 Å². The van der Waals surface area contributed by atoms with E-state index in [1.54, 1.807) is 6.92 Å². The maximum absolute atomic E-state index is 13.3. The SMILES string of the molecule is CCNC(=O)C(=O)[C@H](Cc1ccc(C)cc1)NC(=O)[C@H](CC(C)C)NC(=O)CNC(=O)CCCCC1CCSS1. The van der Waals surface area contributed by atoms with E-state index in [0.717, 1.165) is 30.4 Å². The van der Waals surface area contributed by atoms with Gasteiger partial charge in [0, 0.05) is 30.4 Å². The van der Waals surface area contributed by atoms with Crippen LogP contribution >= 0.6 is 21.6 Å². The van der Waals surface area contributed by atoms with E-state index >= 15 is 0 Å². The van der Waals surface area contributed by atoms with Crippen molar-refractivity contribution in [2.24, 2.45) is 5.92 Å². The van der Waals surface area contributed by atoms with Crippen LogP contribution in [0.1, 0.15) is 70.4 Å². The molecule has 222 valence electrons. The molecule has 1 aliphatic heterocycles. The Labute approximate surface area is 245 Å². The van der Waals surface area contributed by atoms with Crippen LogP contribution in [-0.4, -0.2) is 65.6 Å². The number of carbonyl (C=O) groups is 5. The summed E-state index contributed by atoms with van der Waals surface area (Å²) in [7, 11) is 3.83. The van der Waals surface area contributed by atoms with Gasteiger partial charge in [-0.1, -0.05) is 71.7 Å². The molecule has 2 rings (SSSR count). The van der Waals surface area contributed by atoms with Crippen LogP contribution in [0.5, 0.6) is 0 Å². The highest BCUT2D eigenvalue weighted by Crippen LogP contribution is 2.39. The molecule has 1 aromatic rings. The van der Waals surface area contributed by atoms with E-state index in [1.807, 2.05) is 66.6 Å². The van der Waals surface area contributed by atoms with Crippen LogP contribution in [0.2, 0.25) is 0 Å². The molecule has 4 N–H and O–H groups in total. The number of benzene rings is 1. The summed E-state index contributed by atoms with van der Waals surface area (Å²) < 4.78 is 0. The molecule has 0 radical (unpaired) electrons. The third-order valence-corrected chi connectivity index (χ3v) is 9.47. The predicted molar refractivity (Wildman–Crippen MR) is 162 cm³/mol. The van der Waals surface area contributed by atoms with Crippen LogP contribution in [0.25, 0.3) is 0 Å². The van der Waals surface area contributed by atoms with Crippen LogP contribution in [-0.2, 0) is 30.4 Å². The topological polar surface area (TPSA) is 133 Å². The van der Waals surface area contributed by atoms with Gasteiger partial charge in [-0.3, -0.25) is 24.0 Å². The Morgan fingerprint density at radius 2 is 1.68 bits per heavy atom. The molecule has 1 saturated heterocycles. The standard InChI is InChI=1S/C29H44N4O5S2/c1-5-30-29(38)27(36)23(17-21-12-10-20(4)11-13-21)33-28(37)24(16-19(2)3)32-26(35)18-31-25(34)9-7-6-8-22-14-15-39-40-22/h10-13,19,22-24H,5-9,14-18H2,1-4H3,(H,30,38)(H,31,34)(H,32,35)(H,33,37)/t22?,23-,24-/m0/s1. The molecule has 0 spiro atoms. The zero-order valence-electron chi connectivity index (χ0n) is 24.0. The number of nitrogens with one attached hydrogen (secondary N) is 4. The van der Waals surface area contributed by atoms with Gasteiger partial charge >= 0.3 is 0 Å². The summed E-state index contributed by atoms with van der Waals surface area (Å²) in [5.41, 5.74) is 1.84. The summed E-state index contributed by atoms with van der Waals surface area (Å²) in [6.45, 7) is 7.54. The molecule has 1 fully saturated rings. The fourth-order valence-corrected chi connectivity index (χ4v) is 7.31. The molecule has 3 atom stereocenters. The van der Waals surface area contributed by atoms with E-state index in [1.165, 1.54) is 12.2 Å². The lowest BCUT2D eigenvalue weighted by molar-refractivity contribution is -0.140. The number of likely N-dealkylation sites (N-methyl/N-ethyl adjacent to an activating group) is 1. The largest absolute Gasteiger partial charge is 0.350 e. The lowest BCUT2D eigenvalue weighted by Gasteiger charge is -2.24. The van der Waals surface area contributed by atoms with E-state index in [2.05, 4.69) is 21.3 Å². The smallest absolute Gasteiger partial charge is 0.289 e. The van der Waals surface area contributed by atoms with Crippen molar-refractivity contribution in [2.75, 3.05) is 18.8 Å². The molecule has 1 aliphatic rings. The van der Waals surface area contributed by atoms with Gasteiger partial charge in [-0.15, -0.1) is 0 Å². The average molecular weight is 593 g/mol. The Morgan fingerprint density at radius 3 is 2.30 bits per heavy atom. The number of Topliss-reactive ketones (excluding diaryl/α,β-unsaturated/α-hetero) is 1. The molecule has 9 nitrogen and oxygen atoms in total. The minimum Gasteiger partial charge on any atom is -0.350 e. The van der Waals surface area contributed by atoms with Crippen LogP contribution in [0.4, 0.5) is 0 Å². The number of unbranched alkanes of at least 4 members (excludes halogenated alkanes) is 1. The molecule has 0 aromatic heterocycles. The van der Waals surface area contributed by atoms with Crippen LogP contribution in [0, 0.1) is 12.8 Å². The van der Waals surface area contributed by atoms with E-state index in [-0.39, 0.29) is 31.3 Å². The monoisotopic (exact) mass is 592 g/mol. The van der Waals surface area contributed by atoms with Gasteiger partial charge in [0.15, 0.2) is 0 Å². The molecule has 4 amide bonds. The highest BCUT2D eigenvalue weighted by Gasteiger charge is 2.30. The zero-order chi connectivity index (χ0) is 29.5. The van der Waals surface area contributed by atoms with Gasteiger partial charge in [-0.25, -0.2) is 0 Å². The van der Waals surface area contributed by atoms with Crippen molar-refractivity contribution in [3.8, 4) is 0 Å². The van der Waals surface area contributed by atoms with E-state index < -0.39 is 35.6 Å². The number of amides is 4. The first-order valence-electron chi connectivity index (χ1n) is 14.1. The van der Waals surface area contributed by atoms with Gasteiger partial charge in [-0.2, -0.15) is 0 Å². The Morgan fingerprint density at radius 1 is 0.950 bits per heavy atom. The fraction of sp³-hybridized carbons (Fsp3) is 0.621. The van der Waals surface area contributed by atoms with Crippen LogP contribution < -0.4 is 21.3 Å². The molecule has 1 heterocycles. The van der Waals surface area contributed by atoms with Crippen molar-refractivity contribution in [1.82, 2.24) is 21.3 Å². The van der Waals surface area contributed by atoms with Crippen molar-refractivity contribution in [1.29, 1.82) is 0 Å². The summed E-state index contributed by atoms with van der Waals surface area (Å²) in [5, 5.41) is 11.2. The molecular weight excluding hydrogens is 548 g/mol. The van der Waals surface area contributed by atoms with Crippen LogP contribution in [0.15, 0.2) is 24.3 Å². The second kappa shape index (κ2) is 18.0. The summed E-state index contributed by atoms with van der Waals surface area (Å²) in [6, 6.07) is 5.48. The summed E-state index contributed by atoms with van der Waals surface area (Å²) >= 11 is 0. The Balaban J connectivity index is 1.93. The molecule has 0 aliphatic carbocycles. The highest BCUT2D eigenvalue weighted by molar-refractivity contribution is 8.77. The second-order valence-corrected chi connectivity index (χ2v) is 13.4. The molecule has 0 saturated carbocycles. The lowest BCUT2D eigenvalue weighted by atomic mass is 9.98. The minimum atomic E-state index is -1.09. The van der Waals surface area contributed by atoms with Crippen molar-refractivity contribution < 1.29 is 24.0 Å². The normalized spacial score (nSPS) is 16.2. The first-order valence-corrected chi connectivity index (χ1v) is 16.5. The number of aryl methyl sites for hydroxylation is 1. The maximum atomic E-state index is 13.3. The second-order valence-electron chi connectivity index (χ2n) is 10.6. The molecule has 1 aromatic carbocycles. The Kier molecular flexibility index (Phi) is 15.2. The third kappa shape index (κ3) is 12.8. The Bertz CT molecular complexity index is 997. The molecule has 1 unspecified atom stereocenters. The number of hydrogen-bond acceptors (Lipinski definition) is 7. The number of ketones is 1. The Hall–Kier alpha value is -2.53. The van der Waals surface area contributed by atoms with E-state index in [9.17, 15) is 24.0 Å². The van der Waals surface area contributed by atoms with Crippen molar-refractivity contribution >= 4 is 51.0 Å². The van der Waals surface area contributed by atoms with Gasteiger partial charge < -0.3 is 21.3 Å².